The number of benzene rings is 1. The van der Waals surface area contributed by atoms with Crippen LogP contribution in [0.4, 0.5) is 0 Å². The summed E-state index contributed by atoms with van der Waals surface area (Å²) < 4.78 is 1.88. The minimum atomic E-state index is -1.62. The number of rotatable bonds is 1. The van der Waals surface area contributed by atoms with Crippen molar-refractivity contribution >= 4 is 28.5 Å². The van der Waals surface area contributed by atoms with Crippen molar-refractivity contribution < 1.29 is 9.90 Å². The summed E-state index contributed by atoms with van der Waals surface area (Å²) in [6.45, 7) is 0.494. The SMILES string of the molecule is CN1CCC(O)(C#Cc2cccc(-c3nc(Cl)cc4c3ncn4C)c2)C1=O. The summed E-state index contributed by atoms with van der Waals surface area (Å²) in [5, 5.41) is 10.8. The van der Waals surface area contributed by atoms with E-state index in [1.165, 1.54) is 4.90 Å². The highest BCUT2D eigenvalue weighted by atomic mass is 35.5. The van der Waals surface area contributed by atoms with Gasteiger partial charge in [-0.25, -0.2) is 9.97 Å². The number of amides is 1. The zero-order valence-electron chi connectivity index (χ0n) is 14.9. The first-order valence-corrected chi connectivity index (χ1v) is 8.84. The maximum absolute atomic E-state index is 12.1. The van der Waals surface area contributed by atoms with Gasteiger partial charge in [0.15, 0.2) is 0 Å². The molecule has 0 radical (unpaired) electrons. The lowest BCUT2D eigenvalue weighted by atomic mass is 10.0. The molecular weight excluding hydrogens is 364 g/mol. The highest BCUT2D eigenvalue weighted by Crippen LogP contribution is 2.28. The number of aromatic nitrogens is 3. The molecule has 1 N–H and O–H groups in total. The number of halogens is 1. The summed E-state index contributed by atoms with van der Waals surface area (Å²) in [5.74, 6) is 5.29. The fraction of sp³-hybridized carbons (Fsp3) is 0.250. The number of nitrogens with zero attached hydrogens (tertiary/aromatic N) is 4. The van der Waals surface area contributed by atoms with Crippen LogP contribution in [0.3, 0.4) is 0 Å². The molecule has 3 aromatic rings. The molecule has 7 heteroatoms. The van der Waals surface area contributed by atoms with Gasteiger partial charge in [0, 0.05) is 44.3 Å². The molecule has 0 bridgehead atoms. The van der Waals surface area contributed by atoms with E-state index in [-0.39, 0.29) is 5.91 Å². The third-order valence-electron chi connectivity index (χ3n) is 4.74. The molecule has 1 fully saturated rings. The van der Waals surface area contributed by atoms with Crippen LogP contribution in [-0.2, 0) is 11.8 Å². The van der Waals surface area contributed by atoms with Crippen molar-refractivity contribution in [2.24, 2.45) is 7.05 Å². The number of aliphatic hydroxyl groups is 1. The number of likely N-dealkylation sites (tertiary alicyclic amines) is 1. The van der Waals surface area contributed by atoms with E-state index in [1.807, 2.05) is 35.9 Å². The minimum absolute atomic E-state index is 0.305. The number of imidazole rings is 1. The maximum Gasteiger partial charge on any atom is 0.267 e. The highest BCUT2D eigenvalue weighted by Gasteiger charge is 2.42. The number of likely N-dealkylation sites (N-methyl/N-ethyl adjacent to an activating group) is 1. The van der Waals surface area contributed by atoms with Crippen molar-refractivity contribution in [2.75, 3.05) is 13.6 Å². The lowest BCUT2D eigenvalue weighted by Crippen LogP contribution is -2.37. The third-order valence-corrected chi connectivity index (χ3v) is 4.93. The number of carbonyl (C=O) groups excluding carboxylic acids is 1. The minimum Gasteiger partial charge on any atom is -0.369 e. The molecule has 1 amide bonds. The average Bonchev–Trinajstić information content (AvgIpc) is 3.15. The van der Waals surface area contributed by atoms with Crippen LogP contribution in [0.5, 0.6) is 0 Å². The van der Waals surface area contributed by atoms with Crippen LogP contribution in [0.25, 0.3) is 22.3 Å². The van der Waals surface area contributed by atoms with Crippen LogP contribution in [0.1, 0.15) is 12.0 Å². The number of aryl methyl sites for hydroxylation is 1. The molecule has 0 spiro atoms. The first-order valence-electron chi connectivity index (χ1n) is 8.46. The second-order valence-electron chi connectivity index (χ2n) is 6.68. The molecule has 6 nitrogen and oxygen atoms in total. The predicted octanol–water partition coefficient (Wildman–Crippen LogP) is 2.23. The Labute approximate surface area is 161 Å². The monoisotopic (exact) mass is 380 g/mol. The van der Waals surface area contributed by atoms with Gasteiger partial charge in [-0.15, -0.1) is 0 Å². The molecule has 1 aromatic carbocycles. The second-order valence-corrected chi connectivity index (χ2v) is 7.07. The van der Waals surface area contributed by atoms with Crippen LogP contribution < -0.4 is 0 Å². The standard InChI is InChI=1S/C20H17ClN4O2/c1-24-9-8-20(27,19(24)26)7-6-13-4-3-5-14(10-13)17-18-15(11-16(21)23-17)25(2)12-22-18/h3-5,10-12,27H,8-9H2,1-2H3. The summed E-state index contributed by atoms with van der Waals surface area (Å²) >= 11 is 6.18. The largest absolute Gasteiger partial charge is 0.369 e. The van der Waals surface area contributed by atoms with Gasteiger partial charge < -0.3 is 14.6 Å². The molecule has 4 rings (SSSR count). The fourth-order valence-electron chi connectivity index (χ4n) is 3.19. The zero-order valence-corrected chi connectivity index (χ0v) is 15.7. The van der Waals surface area contributed by atoms with Gasteiger partial charge in [-0.3, -0.25) is 4.79 Å². The van der Waals surface area contributed by atoms with Gasteiger partial charge in [0.1, 0.15) is 10.7 Å². The molecule has 2 aromatic heterocycles. The molecule has 1 atom stereocenters. The number of fused-ring (bicyclic) bond motifs is 1. The van der Waals surface area contributed by atoms with E-state index in [2.05, 4.69) is 21.8 Å². The Hall–Kier alpha value is -2.88. The fourth-order valence-corrected chi connectivity index (χ4v) is 3.38. The van der Waals surface area contributed by atoms with Crippen LogP contribution in [0, 0.1) is 11.8 Å². The molecule has 0 saturated carbocycles. The van der Waals surface area contributed by atoms with Crippen molar-refractivity contribution in [1.82, 2.24) is 19.4 Å². The number of hydrogen-bond donors (Lipinski definition) is 1. The Balaban J connectivity index is 1.75. The van der Waals surface area contributed by atoms with E-state index in [0.717, 1.165) is 16.6 Å². The van der Waals surface area contributed by atoms with Crippen LogP contribution in [0.15, 0.2) is 36.7 Å². The molecule has 27 heavy (non-hydrogen) atoms. The maximum atomic E-state index is 12.1. The van der Waals surface area contributed by atoms with Gasteiger partial charge in [-0.1, -0.05) is 35.6 Å². The van der Waals surface area contributed by atoms with E-state index in [0.29, 0.717) is 29.4 Å². The van der Waals surface area contributed by atoms with Crippen molar-refractivity contribution in [3.63, 3.8) is 0 Å². The predicted molar refractivity (Wildman–Crippen MR) is 103 cm³/mol. The molecule has 0 aliphatic carbocycles. The van der Waals surface area contributed by atoms with Gasteiger partial charge in [0.05, 0.1) is 17.5 Å². The first-order chi connectivity index (χ1) is 12.9. The Bertz CT molecular complexity index is 1130. The lowest BCUT2D eigenvalue weighted by Gasteiger charge is -2.13. The topological polar surface area (TPSA) is 71.2 Å². The molecule has 1 saturated heterocycles. The van der Waals surface area contributed by atoms with Crippen molar-refractivity contribution in [3.05, 3.63) is 47.4 Å². The number of hydrogen-bond acceptors (Lipinski definition) is 4. The Morgan fingerprint density at radius 3 is 2.85 bits per heavy atom. The first kappa shape index (κ1) is 17.5. The van der Waals surface area contributed by atoms with E-state index < -0.39 is 5.60 Å². The third kappa shape index (κ3) is 3.05. The van der Waals surface area contributed by atoms with Gasteiger partial charge in [0.2, 0.25) is 5.60 Å². The second kappa shape index (κ2) is 6.38. The normalized spacial score (nSPS) is 19.4. The van der Waals surface area contributed by atoms with E-state index in [4.69, 9.17) is 11.6 Å². The number of pyridine rings is 1. The Kier molecular flexibility index (Phi) is 4.14. The molecule has 1 aliphatic rings. The summed E-state index contributed by atoms with van der Waals surface area (Å²) in [5.41, 5.74) is 2.17. The quantitative estimate of drug-likeness (QED) is 0.519. The van der Waals surface area contributed by atoms with Gasteiger partial charge >= 0.3 is 0 Å². The van der Waals surface area contributed by atoms with Crippen LogP contribution in [-0.4, -0.2) is 49.6 Å². The van der Waals surface area contributed by atoms with E-state index in [1.54, 1.807) is 19.4 Å². The smallest absolute Gasteiger partial charge is 0.267 e. The van der Waals surface area contributed by atoms with Crippen LogP contribution >= 0.6 is 11.6 Å². The van der Waals surface area contributed by atoms with Crippen molar-refractivity contribution in [3.8, 4) is 23.1 Å². The van der Waals surface area contributed by atoms with Crippen molar-refractivity contribution in [1.29, 1.82) is 0 Å². The van der Waals surface area contributed by atoms with E-state index >= 15 is 0 Å². The summed E-state index contributed by atoms with van der Waals surface area (Å²) in [7, 11) is 3.55. The highest BCUT2D eigenvalue weighted by molar-refractivity contribution is 6.30. The van der Waals surface area contributed by atoms with Gasteiger partial charge in [0.25, 0.3) is 5.91 Å². The Morgan fingerprint density at radius 1 is 1.30 bits per heavy atom. The number of carbonyl (C=O) groups is 1. The zero-order chi connectivity index (χ0) is 19.2. The van der Waals surface area contributed by atoms with Gasteiger partial charge in [-0.2, -0.15) is 0 Å². The lowest BCUT2D eigenvalue weighted by molar-refractivity contribution is -0.137. The van der Waals surface area contributed by atoms with Crippen LogP contribution in [0.2, 0.25) is 5.15 Å². The van der Waals surface area contributed by atoms with Crippen molar-refractivity contribution in [2.45, 2.75) is 12.0 Å². The molecule has 1 unspecified atom stereocenters. The van der Waals surface area contributed by atoms with E-state index in [9.17, 15) is 9.90 Å². The molecule has 1 aliphatic heterocycles. The summed E-state index contributed by atoms with van der Waals surface area (Å²) in [4.78, 5) is 22.4. The molecule has 136 valence electrons. The molecule has 3 heterocycles. The summed E-state index contributed by atoms with van der Waals surface area (Å²) in [6.07, 6.45) is 2.02. The van der Waals surface area contributed by atoms with Gasteiger partial charge in [-0.05, 0) is 12.1 Å². The average molecular weight is 381 g/mol. The molecular formula is C20H17ClN4O2. The summed E-state index contributed by atoms with van der Waals surface area (Å²) in [6, 6.07) is 9.20. The Morgan fingerprint density at radius 2 is 2.11 bits per heavy atom.